The van der Waals surface area contributed by atoms with E-state index in [4.69, 9.17) is 16.1 Å². The van der Waals surface area contributed by atoms with Gasteiger partial charge in [0, 0.05) is 25.1 Å². The Labute approximate surface area is 171 Å². The van der Waals surface area contributed by atoms with Crippen molar-refractivity contribution in [2.24, 2.45) is 5.92 Å². The molecule has 0 atom stereocenters. The van der Waals surface area contributed by atoms with E-state index in [1.807, 2.05) is 0 Å². The molecule has 1 fully saturated rings. The summed E-state index contributed by atoms with van der Waals surface area (Å²) < 4.78 is 31.8. The molecular weight excluding hydrogens is 400 g/mol. The van der Waals surface area contributed by atoms with Gasteiger partial charge in [0.15, 0.2) is 0 Å². The summed E-state index contributed by atoms with van der Waals surface area (Å²) in [5.41, 5.74) is 0.875. The second-order valence-electron chi connectivity index (χ2n) is 7.08. The summed E-state index contributed by atoms with van der Waals surface area (Å²) in [6.07, 6.45) is 2.15. The maximum Gasteiger partial charge on any atom is 0.255 e. The quantitative estimate of drug-likeness (QED) is 0.614. The number of halogens is 3. The Morgan fingerprint density at radius 2 is 1.79 bits per heavy atom. The first kappa shape index (κ1) is 19.5. The highest BCUT2D eigenvalue weighted by Crippen LogP contribution is 2.26. The average Bonchev–Trinajstić information content (AvgIpc) is 3.19. The van der Waals surface area contributed by atoms with Gasteiger partial charge in [-0.05, 0) is 61.2 Å². The second-order valence-corrected chi connectivity index (χ2v) is 7.49. The van der Waals surface area contributed by atoms with Crippen molar-refractivity contribution in [1.82, 2.24) is 15.0 Å². The van der Waals surface area contributed by atoms with Crippen LogP contribution in [-0.4, -0.2) is 34.0 Å². The van der Waals surface area contributed by atoms with Gasteiger partial charge in [-0.25, -0.2) is 8.78 Å². The number of carbonyl (C=O) groups is 1. The minimum Gasteiger partial charge on any atom is -0.339 e. The summed E-state index contributed by atoms with van der Waals surface area (Å²) in [4.78, 5) is 18.7. The van der Waals surface area contributed by atoms with Gasteiger partial charge in [0.1, 0.15) is 11.6 Å². The Bertz CT molecular complexity index is 1020. The number of amides is 1. The average molecular weight is 418 g/mol. The van der Waals surface area contributed by atoms with Crippen molar-refractivity contribution in [3.05, 3.63) is 70.6 Å². The molecule has 0 saturated carbocycles. The van der Waals surface area contributed by atoms with Gasteiger partial charge >= 0.3 is 0 Å². The van der Waals surface area contributed by atoms with E-state index in [9.17, 15) is 13.6 Å². The Hall–Kier alpha value is -2.80. The van der Waals surface area contributed by atoms with E-state index in [0.29, 0.717) is 42.7 Å². The molecule has 2 aromatic carbocycles. The molecule has 0 spiro atoms. The highest BCUT2D eigenvalue weighted by Gasteiger charge is 2.26. The van der Waals surface area contributed by atoms with E-state index in [1.54, 1.807) is 17.0 Å². The van der Waals surface area contributed by atoms with E-state index in [1.165, 1.54) is 30.3 Å². The first-order valence-corrected chi connectivity index (χ1v) is 9.70. The molecule has 0 N–H and O–H groups in total. The predicted molar refractivity (Wildman–Crippen MR) is 103 cm³/mol. The molecule has 8 heteroatoms. The summed E-state index contributed by atoms with van der Waals surface area (Å²) in [6.45, 7) is 1.10. The summed E-state index contributed by atoms with van der Waals surface area (Å²) >= 11 is 6.05. The number of likely N-dealkylation sites (tertiary alicyclic amines) is 1. The molecule has 2 heterocycles. The lowest BCUT2D eigenvalue weighted by atomic mass is 9.93. The van der Waals surface area contributed by atoms with E-state index in [-0.39, 0.29) is 22.3 Å². The van der Waals surface area contributed by atoms with Gasteiger partial charge in [-0.15, -0.1) is 0 Å². The standard InChI is InChI=1S/C21H18ClF2N3O2/c22-18-6-5-16(24)12-17(18)21(28)27-9-7-13(8-10-27)11-19-25-20(26-29-19)14-1-3-15(23)4-2-14/h1-6,12-13H,7-11H2. The zero-order chi connectivity index (χ0) is 20.4. The number of aromatic nitrogens is 2. The van der Waals surface area contributed by atoms with E-state index in [2.05, 4.69) is 10.1 Å². The van der Waals surface area contributed by atoms with Crippen LogP contribution in [0.5, 0.6) is 0 Å². The molecule has 0 bridgehead atoms. The molecule has 1 aliphatic heterocycles. The topological polar surface area (TPSA) is 59.2 Å². The third kappa shape index (κ3) is 4.45. The zero-order valence-corrected chi connectivity index (χ0v) is 16.2. The van der Waals surface area contributed by atoms with Crippen LogP contribution in [0.1, 0.15) is 29.1 Å². The van der Waals surface area contributed by atoms with Gasteiger partial charge in [-0.3, -0.25) is 4.79 Å². The van der Waals surface area contributed by atoms with Gasteiger partial charge in [-0.1, -0.05) is 16.8 Å². The first-order valence-electron chi connectivity index (χ1n) is 9.32. The maximum absolute atomic E-state index is 13.5. The SMILES string of the molecule is O=C(c1cc(F)ccc1Cl)N1CCC(Cc2nc(-c3ccc(F)cc3)no2)CC1. The fraction of sp³-hybridized carbons (Fsp3) is 0.286. The van der Waals surface area contributed by atoms with Crippen molar-refractivity contribution in [3.63, 3.8) is 0 Å². The number of benzene rings is 2. The molecule has 0 aliphatic carbocycles. The Morgan fingerprint density at radius 3 is 2.52 bits per heavy atom. The normalized spacial score (nSPS) is 14.9. The number of piperidine rings is 1. The van der Waals surface area contributed by atoms with Crippen LogP contribution < -0.4 is 0 Å². The van der Waals surface area contributed by atoms with Gasteiger partial charge in [0.2, 0.25) is 11.7 Å². The van der Waals surface area contributed by atoms with Crippen LogP contribution in [0.4, 0.5) is 8.78 Å². The number of hydrogen-bond acceptors (Lipinski definition) is 4. The Balaban J connectivity index is 1.35. The van der Waals surface area contributed by atoms with Crippen LogP contribution in [-0.2, 0) is 6.42 Å². The second kappa shape index (κ2) is 8.29. The highest BCUT2D eigenvalue weighted by atomic mass is 35.5. The van der Waals surface area contributed by atoms with Crippen LogP contribution in [0.2, 0.25) is 5.02 Å². The van der Waals surface area contributed by atoms with Crippen molar-refractivity contribution in [2.45, 2.75) is 19.3 Å². The lowest BCUT2D eigenvalue weighted by Crippen LogP contribution is -2.39. The number of hydrogen-bond donors (Lipinski definition) is 0. The molecule has 1 saturated heterocycles. The van der Waals surface area contributed by atoms with Crippen molar-refractivity contribution < 1.29 is 18.1 Å². The lowest BCUT2D eigenvalue weighted by Gasteiger charge is -2.31. The molecule has 0 radical (unpaired) electrons. The lowest BCUT2D eigenvalue weighted by molar-refractivity contribution is 0.0687. The summed E-state index contributed by atoms with van der Waals surface area (Å²) in [5, 5.41) is 4.21. The van der Waals surface area contributed by atoms with Gasteiger partial charge in [0.25, 0.3) is 5.91 Å². The summed E-state index contributed by atoms with van der Waals surface area (Å²) in [7, 11) is 0. The Morgan fingerprint density at radius 1 is 1.10 bits per heavy atom. The molecule has 3 aromatic rings. The van der Waals surface area contributed by atoms with E-state index in [0.717, 1.165) is 12.8 Å². The van der Waals surface area contributed by atoms with Crippen LogP contribution in [0.3, 0.4) is 0 Å². The number of carbonyl (C=O) groups excluding carboxylic acids is 1. The molecule has 5 nitrogen and oxygen atoms in total. The molecule has 0 unspecified atom stereocenters. The van der Waals surface area contributed by atoms with Gasteiger partial charge < -0.3 is 9.42 Å². The Kier molecular flexibility index (Phi) is 5.58. The summed E-state index contributed by atoms with van der Waals surface area (Å²) in [5.74, 6) is 0.169. The first-order chi connectivity index (χ1) is 14.0. The van der Waals surface area contributed by atoms with Crippen molar-refractivity contribution in [3.8, 4) is 11.4 Å². The molecule has 29 heavy (non-hydrogen) atoms. The fourth-order valence-electron chi connectivity index (χ4n) is 3.47. The highest BCUT2D eigenvalue weighted by molar-refractivity contribution is 6.33. The van der Waals surface area contributed by atoms with Crippen LogP contribution in [0, 0.1) is 17.6 Å². The molecule has 1 amide bonds. The zero-order valence-electron chi connectivity index (χ0n) is 15.4. The maximum atomic E-state index is 13.5. The fourth-order valence-corrected chi connectivity index (χ4v) is 3.67. The van der Waals surface area contributed by atoms with Crippen molar-refractivity contribution in [2.75, 3.05) is 13.1 Å². The third-order valence-corrected chi connectivity index (χ3v) is 5.42. The molecule has 150 valence electrons. The minimum absolute atomic E-state index is 0.186. The van der Waals surface area contributed by atoms with Crippen LogP contribution in [0.15, 0.2) is 47.0 Å². The summed E-state index contributed by atoms with van der Waals surface area (Å²) in [6, 6.07) is 9.70. The molecule has 1 aromatic heterocycles. The van der Waals surface area contributed by atoms with Crippen LogP contribution >= 0.6 is 11.6 Å². The monoisotopic (exact) mass is 417 g/mol. The molecule has 4 rings (SSSR count). The van der Waals surface area contributed by atoms with Gasteiger partial charge in [-0.2, -0.15) is 4.98 Å². The van der Waals surface area contributed by atoms with E-state index >= 15 is 0 Å². The van der Waals surface area contributed by atoms with Crippen molar-refractivity contribution in [1.29, 1.82) is 0 Å². The smallest absolute Gasteiger partial charge is 0.255 e. The number of nitrogens with zero attached hydrogens (tertiary/aromatic N) is 3. The van der Waals surface area contributed by atoms with Crippen LogP contribution in [0.25, 0.3) is 11.4 Å². The van der Waals surface area contributed by atoms with E-state index < -0.39 is 5.82 Å². The molecule has 1 aliphatic rings. The van der Waals surface area contributed by atoms with Crippen molar-refractivity contribution >= 4 is 17.5 Å². The third-order valence-electron chi connectivity index (χ3n) is 5.09. The largest absolute Gasteiger partial charge is 0.339 e. The predicted octanol–water partition coefficient (Wildman–Crippen LogP) is 4.76. The van der Waals surface area contributed by atoms with Gasteiger partial charge in [0.05, 0.1) is 10.6 Å². The molecular formula is C21H18ClF2N3O2. The number of rotatable bonds is 4. The minimum atomic E-state index is -0.485.